The molecule has 1 fully saturated rings. The Balaban J connectivity index is 2.02. The predicted octanol–water partition coefficient (Wildman–Crippen LogP) is -0.292. The van der Waals surface area contributed by atoms with E-state index in [0.29, 0.717) is 8.55 Å². The van der Waals surface area contributed by atoms with E-state index in [1.165, 1.54) is 19.4 Å². The summed E-state index contributed by atoms with van der Waals surface area (Å²) in [5, 5.41) is 0. The van der Waals surface area contributed by atoms with Gasteiger partial charge in [0, 0.05) is 23.5 Å². The highest BCUT2D eigenvalue weighted by Crippen LogP contribution is 2.07. The molecule has 4 heteroatoms. The predicted molar refractivity (Wildman–Crippen MR) is 54.7 cm³/mol. The fourth-order valence-corrected chi connectivity index (χ4v) is 20.0. The molecule has 0 aromatic heterocycles. The van der Waals surface area contributed by atoms with Crippen molar-refractivity contribution in [3.63, 3.8) is 0 Å². The van der Waals surface area contributed by atoms with Crippen molar-refractivity contribution in [3.8, 4) is 0 Å². The number of rotatable bonds is 3. The van der Waals surface area contributed by atoms with Crippen LogP contribution in [-0.4, -0.2) is 32.8 Å². The second-order valence-electron chi connectivity index (χ2n) is 3.20. The Labute approximate surface area is 69.5 Å². The van der Waals surface area contributed by atoms with Crippen molar-refractivity contribution in [2.24, 2.45) is 0 Å². The molecule has 1 aliphatic rings. The van der Waals surface area contributed by atoms with Crippen LogP contribution in [0.2, 0.25) is 12.1 Å². The fourth-order valence-electron chi connectivity index (χ4n) is 1.53. The number of hydrogen-bond acceptors (Lipinski definition) is 1. The van der Waals surface area contributed by atoms with Crippen LogP contribution in [0.3, 0.4) is 0 Å². The summed E-state index contributed by atoms with van der Waals surface area (Å²) in [6.07, 6.45) is 2.94. The molecule has 0 aromatic carbocycles. The highest BCUT2D eigenvalue weighted by atomic mass is 29.5. The molecule has 0 amide bonds. The lowest BCUT2D eigenvalue weighted by molar-refractivity contribution is 0.366. The quantitative estimate of drug-likeness (QED) is 0.556. The van der Waals surface area contributed by atoms with Crippen LogP contribution in [0.25, 0.3) is 0 Å². The molecule has 0 saturated carbocycles. The van der Waals surface area contributed by atoms with Crippen molar-refractivity contribution >= 4 is 26.1 Å². The van der Waals surface area contributed by atoms with Gasteiger partial charge in [0.15, 0.2) is 0 Å². The van der Waals surface area contributed by atoms with E-state index in [0.717, 1.165) is 0 Å². The summed E-state index contributed by atoms with van der Waals surface area (Å²) in [7, 11) is 0.523. The molecule has 1 rings (SSSR count). The maximum atomic E-state index is 5.52. The van der Waals surface area contributed by atoms with Gasteiger partial charge in [-0.2, -0.15) is 0 Å². The average Bonchev–Trinajstić information content (AvgIpc) is 2.03. The molecule has 1 saturated heterocycles. The van der Waals surface area contributed by atoms with E-state index < -0.39 is 0 Å². The van der Waals surface area contributed by atoms with Crippen LogP contribution < -0.4 is 0 Å². The molecular weight excluding hydrogens is 172 g/mol. The SMILES string of the molecule is CCCC[SiH]1CCO[SiH2][SiH2]1. The second kappa shape index (κ2) is 5.29. The van der Waals surface area contributed by atoms with Crippen molar-refractivity contribution in [2.75, 3.05) is 6.61 Å². The van der Waals surface area contributed by atoms with Crippen LogP contribution in [-0.2, 0) is 4.43 Å². The first-order valence-electron chi connectivity index (χ1n) is 4.51. The minimum Gasteiger partial charge on any atom is -0.428 e. The monoisotopic (exact) mass is 190 g/mol. The Hall–Kier alpha value is 0.611. The van der Waals surface area contributed by atoms with E-state index in [1.807, 2.05) is 0 Å². The zero-order chi connectivity index (χ0) is 7.23. The molecule has 60 valence electrons. The highest BCUT2D eigenvalue weighted by Gasteiger charge is 2.14. The summed E-state index contributed by atoms with van der Waals surface area (Å²) in [6.45, 7) is 3.48. The summed E-state index contributed by atoms with van der Waals surface area (Å²) in [4.78, 5) is 0. The van der Waals surface area contributed by atoms with Gasteiger partial charge in [-0.05, 0) is 6.04 Å². The molecule has 1 nitrogen and oxygen atoms in total. The third kappa shape index (κ3) is 3.14. The number of hydrogen-bond donors (Lipinski definition) is 0. The summed E-state index contributed by atoms with van der Waals surface area (Å²) in [5.41, 5.74) is 0. The summed E-state index contributed by atoms with van der Waals surface area (Å²) in [5.74, 6) is 0. The van der Waals surface area contributed by atoms with Crippen LogP contribution in [0.4, 0.5) is 0 Å². The van der Waals surface area contributed by atoms with Gasteiger partial charge < -0.3 is 4.43 Å². The van der Waals surface area contributed by atoms with Gasteiger partial charge in [-0.1, -0.05) is 25.8 Å². The van der Waals surface area contributed by atoms with Crippen LogP contribution in [0.1, 0.15) is 19.8 Å². The largest absolute Gasteiger partial charge is 0.428 e. The highest BCUT2D eigenvalue weighted by molar-refractivity contribution is 7.35. The van der Waals surface area contributed by atoms with E-state index in [9.17, 15) is 0 Å². The molecule has 10 heavy (non-hydrogen) atoms. The standard InChI is InChI=1S/C6H18OSi3/c1-2-3-5-10-6-4-7-8-9-10/h10H,2-6,8-9H2,1H3. The summed E-state index contributed by atoms with van der Waals surface area (Å²) >= 11 is 0. The van der Waals surface area contributed by atoms with Crippen molar-refractivity contribution in [1.29, 1.82) is 0 Å². The molecular formula is C6H18OSi3. The maximum Gasteiger partial charge on any atom is 0.140 e. The van der Waals surface area contributed by atoms with Gasteiger partial charge in [0.1, 0.15) is 9.28 Å². The molecule has 0 radical (unpaired) electrons. The minimum atomic E-state index is -0.0682. The Morgan fingerprint density at radius 3 is 3.10 bits per heavy atom. The smallest absolute Gasteiger partial charge is 0.140 e. The van der Waals surface area contributed by atoms with Gasteiger partial charge in [-0.25, -0.2) is 0 Å². The maximum absolute atomic E-state index is 5.52. The lowest BCUT2D eigenvalue weighted by Crippen LogP contribution is -2.35. The lowest BCUT2D eigenvalue weighted by atomic mass is 10.4. The normalized spacial score (nSPS) is 31.5. The second-order valence-corrected chi connectivity index (χ2v) is 19.1. The Morgan fingerprint density at radius 1 is 1.60 bits per heavy atom. The molecule has 0 N–H and O–H groups in total. The van der Waals surface area contributed by atoms with Crippen LogP contribution >= 0.6 is 0 Å². The van der Waals surface area contributed by atoms with Crippen molar-refractivity contribution in [3.05, 3.63) is 0 Å². The van der Waals surface area contributed by atoms with Crippen LogP contribution in [0, 0.1) is 0 Å². The molecule has 1 aliphatic heterocycles. The van der Waals surface area contributed by atoms with E-state index in [2.05, 4.69) is 6.92 Å². The molecule has 0 aromatic rings. The van der Waals surface area contributed by atoms with Crippen molar-refractivity contribution in [2.45, 2.75) is 31.9 Å². The van der Waals surface area contributed by atoms with Gasteiger partial charge in [-0.15, -0.1) is 0 Å². The lowest BCUT2D eigenvalue weighted by Gasteiger charge is -2.19. The van der Waals surface area contributed by atoms with Gasteiger partial charge in [0.25, 0.3) is 0 Å². The first-order chi connectivity index (χ1) is 4.93. The van der Waals surface area contributed by atoms with Gasteiger partial charge in [0.05, 0.1) is 0 Å². The molecule has 1 atom stereocenters. The third-order valence-electron chi connectivity index (χ3n) is 2.31. The van der Waals surface area contributed by atoms with E-state index in [4.69, 9.17) is 4.43 Å². The zero-order valence-electron chi connectivity index (χ0n) is 6.94. The van der Waals surface area contributed by atoms with Crippen molar-refractivity contribution in [1.82, 2.24) is 0 Å². The van der Waals surface area contributed by atoms with Crippen LogP contribution in [0.15, 0.2) is 0 Å². The Bertz CT molecular complexity index is 83.1. The van der Waals surface area contributed by atoms with E-state index in [-0.39, 0.29) is 17.6 Å². The van der Waals surface area contributed by atoms with E-state index >= 15 is 0 Å². The molecule has 0 aliphatic carbocycles. The first kappa shape index (κ1) is 8.70. The zero-order valence-corrected chi connectivity index (χ0v) is 10.9. The Kier molecular flexibility index (Phi) is 4.60. The van der Waals surface area contributed by atoms with Crippen LogP contribution in [0.5, 0.6) is 0 Å². The summed E-state index contributed by atoms with van der Waals surface area (Å²) < 4.78 is 5.52. The van der Waals surface area contributed by atoms with Crippen molar-refractivity contribution < 1.29 is 4.43 Å². The average molecular weight is 190 g/mol. The van der Waals surface area contributed by atoms with Gasteiger partial charge in [0.2, 0.25) is 0 Å². The molecule has 1 unspecified atom stereocenters. The Morgan fingerprint density at radius 2 is 2.50 bits per heavy atom. The van der Waals surface area contributed by atoms with E-state index in [1.54, 1.807) is 12.1 Å². The third-order valence-corrected chi connectivity index (χ3v) is 22.2. The molecule has 0 spiro atoms. The summed E-state index contributed by atoms with van der Waals surface area (Å²) in [6, 6.07) is 3.21. The topological polar surface area (TPSA) is 9.23 Å². The minimum absolute atomic E-state index is 0.0682. The fraction of sp³-hybridized carbons (Fsp3) is 1.00. The molecule has 0 bridgehead atoms. The molecule has 1 heterocycles. The van der Waals surface area contributed by atoms with Gasteiger partial charge >= 0.3 is 0 Å². The van der Waals surface area contributed by atoms with Gasteiger partial charge in [-0.3, -0.25) is 0 Å². The first-order valence-corrected chi connectivity index (χ1v) is 14.0. The number of unbranched alkanes of at least 4 members (excludes halogenated alkanes) is 1.